The predicted octanol–water partition coefficient (Wildman–Crippen LogP) is 6.23. The number of rotatable bonds is 4. The fourth-order valence-corrected chi connectivity index (χ4v) is 7.03. The number of piperidine rings is 1. The van der Waals surface area contributed by atoms with Crippen LogP contribution < -0.4 is 4.90 Å². The van der Waals surface area contributed by atoms with Gasteiger partial charge < -0.3 is 10.0 Å². The molecule has 0 spiro atoms. The van der Waals surface area contributed by atoms with Crippen molar-refractivity contribution in [3.63, 3.8) is 0 Å². The van der Waals surface area contributed by atoms with Gasteiger partial charge in [-0.2, -0.15) is 0 Å². The number of benzene rings is 1. The van der Waals surface area contributed by atoms with Crippen molar-refractivity contribution in [1.82, 2.24) is 14.5 Å². The highest BCUT2D eigenvalue weighted by Crippen LogP contribution is 2.40. The number of fused-ring (bicyclic) bond motifs is 1. The van der Waals surface area contributed by atoms with Gasteiger partial charge in [0.25, 0.3) is 0 Å². The number of halogens is 3. The second-order valence-electron chi connectivity index (χ2n) is 8.00. The van der Waals surface area contributed by atoms with Crippen LogP contribution in [0.1, 0.15) is 36.3 Å². The summed E-state index contributed by atoms with van der Waals surface area (Å²) >= 11 is 11.1. The van der Waals surface area contributed by atoms with Crippen molar-refractivity contribution in [3.8, 4) is 5.69 Å². The molecule has 0 atom stereocenters. The number of hydrogen-bond donors (Lipinski definition) is 1. The molecule has 0 bridgehead atoms. The molecule has 1 N–H and O–H groups in total. The number of aliphatic hydroxyl groups excluding tert-OH is 1. The van der Waals surface area contributed by atoms with Crippen LogP contribution in [0.2, 0.25) is 0 Å². The van der Waals surface area contributed by atoms with Gasteiger partial charge in [0.05, 0.1) is 11.1 Å². The molecule has 1 aliphatic heterocycles. The normalized spacial score (nSPS) is 15.4. The number of aliphatic hydroxyl groups is 1. The summed E-state index contributed by atoms with van der Waals surface area (Å²) in [4.78, 5) is 12.2. The Morgan fingerprint density at radius 1 is 1.03 bits per heavy atom. The molecule has 0 amide bonds. The Morgan fingerprint density at radius 3 is 2.27 bits per heavy atom. The van der Waals surface area contributed by atoms with Crippen molar-refractivity contribution in [2.45, 2.75) is 40.0 Å². The van der Waals surface area contributed by atoms with E-state index in [0.29, 0.717) is 5.92 Å². The van der Waals surface area contributed by atoms with Crippen molar-refractivity contribution in [1.29, 1.82) is 0 Å². The number of anilines is 1. The molecule has 1 aromatic carbocycles. The molecule has 5 nitrogen and oxygen atoms in total. The summed E-state index contributed by atoms with van der Waals surface area (Å²) < 4.78 is 5.22. The zero-order chi connectivity index (χ0) is 21.6. The van der Waals surface area contributed by atoms with Gasteiger partial charge in [-0.15, -0.1) is 0 Å². The van der Waals surface area contributed by atoms with Crippen LogP contribution in [0.3, 0.4) is 0 Å². The highest BCUT2D eigenvalue weighted by atomic mass is 79.9. The summed E-state index contributed by atoms with van der Waals surface area (Å²) in [5.41, 5.74) is 4.34. The maximum absolute atomic E-state index is 9.27. The molecule has 8 heteroatoms. The van der Waals surface area contributed by atoms with E-state index >= 15 is 0 Å². The molecule has 3 heterocycles. The maximum atomic E-state index is 9.27. The second kappa shape index (κ2) is 8.88. The lowest BCUT2D eigenvalue weighted by Crippen LogP contribution is -2.34. The first kappa shape index (κ1) is 22.2. The molecule has 3 aromatic rings. The van der Waals surface area contributed by atoms with E-state index in [1.807, 2.05) is 6.92 Å². The minimum absolute atomic E-state index is 0.277. The van der Waals surface area contributed by atoms with Gasteiger partial charge in [0, 0.05) is 38.8 Å². The van der Waals surface area contributed by atoms with Crippen LogP contribution in [0.25, 0.3) is 16.7 Å². The molecule has 160 valence electrons. The third kappa shape index (κ3) is 3.96. The number of aromatic nitrogens is 3. The zero-order valence-electron chi connectivity index (χ0n) is 17.3. The summed E-state index contributed by atoms with van der Waals surface area (Å²) in [6.45, 7) is 8.48. The Kier molecular flexibility index (Phi) is 6.59. The van der Waals surface area contributed by atoms with Gasteiger partial charge in [0.15, 0.2) is 5.65 Å². The second-order valence-corrected chi connectivity index (χ2v) is 10.6. The molecule has 1 aliphatic rings. The Balaban J connectivity index is 1.88. The number of hydrogen-bond acceptors (Lipinski definition) is 4. The molecule has 4 rings (SSSR count). The lowest BCUT2D eigenvalue weighted by atomic mass is 9.94. The smallest absolute Gasteiger partial charge is 0.150 e. The summed E-state index contributed by atoms with van der Waals surface area (Å²) in [5.74, 6) is 2.41. The molecule has 2 aromatic heterocycles. The van der Waals surface area contributed by atoms with E-state index in [0.717, 1.165) is 79.8 Å². The van der Waals surface area contributed by atoms with Crippen LogP contribution in [-0.2, 0) is 0 Å². The van der Waals surface area contributed by atoms with E-state index in [4.69, 9.17) is 9.97 Å². The van der Waals surface area contributed by atoms with Gasteiger partial charge in [-0.05, 0) is 95.5 Å². The quantitative estimate of drug-likeness (QED) is 0.386. The highest BCUT2D eigenvalue weighted by Gasteiger charge is 2.26. The van der Waals surface area contributed by atoms with Crippen molar-refractivity contribution < 1.29 is 5.11 Å². The number of nitrogens with zero attached hydrogens (tertiary/aromatic N) is 4. The Hall–Kier alpha value is -0.960. The third-order valence-corrected chi connectivity index (χ3v) is 7.77. The first-order valence-corrected chi connectivity index (χ1v) is 12.6. The average molecular weight is 601 g/mol. The monoisotopic (exact) mass is 598 g/mol. The fraction of sp³-hybridized carbons (Fsp3) is 0.455. The lowest BCUT2D eigenvalue weighted by molar-refractivity contribution is 0.240. The van der Waals surface area contributed by atoms with E-state index in [-0.39, 0.29) is 6.61 Å². The molecule has 0 aliphatic carbocycles. The summed E-state index contributed by atoms with van der Waals surface area (Å²) in [7, 11) is 0. The minimum atomic E-state index is 0.277. The topological polar surface area (TPSA) is 54.2 Å². The molecule has 0 unspecified atom stereocenters. The van der Waals surface area contributed by atoms with E-state index in [1.54, 1.807) is 0 Å². The standard InChI is InChI=1S/C22H25Br3N4O/c1-12-13(2)29(20-17(24)10-16(23)11-18(20)25)22-19(12)21(26-14(3)27-22)28-7-4-15(5-8-28)6-9-30/h10-11,15,30H,4-9H2,1-3H3. The summed E-state index contributed by atoms with van der Waals surface area (Å²) in [6.07, 6.45) is 3.08. The lowest BCUT2D eigenvalue weighted by Gasteiger charge is -2.33. The number of aryl methyl sites for hydroxylation is 2. The van der Waals surface area contributed by atoms with Gasteiger partial charge in [-0.3, -0.25) is 4.57 Å². The third-order valence-electron chi connectivity index (χ3n) is 6.10. The van der Waals surface area contributed by atoms with E-state index < -0.39 is 0 Å². The van der Waals surface area contributed by atoms with Gasteiger partial charge in [0.2, 0.25) is 0 Å². The molecular formula is C22H25Br3N4O. The first-order chi connectivity index (χ1) is 14.3. The van der Waals surface area contributed by atoms with Gasteiger partial charge in [-0.25, -0.2) is 9.97 Å². The van der Waals surface area contributed by atoms with Crippen molar-refractivity contribution >= 4 is 64.6 Å². The Labute approximate surface area is 202 Å². The predicted molar refractivity (Wildman–Crippen MR) is 133 cm³/mol. The van der Waals surface area contributed by atoms with Crippen molar-refractivity contribution in [3.05, 3.63) is 42.6 Å². The zero-order valence-corrected chi connectivity index (χ0v) is 22.1. The van der Waals surface area contributed by atoms with E-state index in [2.05, 4.69) is 83.2 Å². The Morgan fingerprint density at radius 2 is 1.67 bits per heavy atom. The van der Waals surface area contributed by atoms with Crippen LogP contribution in [0.15, 0.2) is 25.6 Å². The first-order valence-electron chi connectivity index (χ1n) is 10.2. The van der Waals surface area contributed by atoms with Crippen molar-refractivity contribution in [2.75, 3.05) is 24.6 Å². The minimum Gasteiger partial charge on any atom is -0.396 e. The van der Waals surface area contributed by atoms with Crippen LogP contribution in [0.4, 0.5) is 5.82 Å². The highest BCUT2D eigenvalue weighted by molar-refractivity contribution is 9.11. The van der Waals surface area contributed by atoms with Gasteiger partial charge >= 0.3 is 0 Å². The molecule has 1 fully saturated rings. The molecule has 1 saturated heterocycles. The summed E-state index contributed by atoms with van der Waals surface area (Å²) in [6, 6.07) is 4.11. The van der Waals surface area contributed by atoms with Crippen LogP contribution in [0.5, 0.6) is 0 Å². The fourth-order valence-electron chi connectivity index (χ4n) is 4.41. The van der Waals surface area contributed by atoms with E-state index in [9.17, 15) is 5.11 Å². The van der Waals surface area contributed by atoms with Gasteiger partial charge in [0.1, 0.15) is 11.6 Å². The SMILES string of the molecule is Cc1nc(N2CCC(CCO)CC2)c2c(C)c(C)n(-c3c(Br)cc(Br)cc3Br)c2n1. The van der Waals surface area contributed by atoms with Crippen molar-refractivity contribution in [2.24, 2.45) is 5.92 Å². The molecule has 30 heavy (non-hydrogen) atoms. The average Bonchev–Trinajstić information content (AvgIpc) is 2.92. The maximum Gasteiger partial charge on any atom is 0.150 e. The molecule has 0 radical (unpaired) electrons. The van der Waals surface area contributed by atoms with Gasteiger partial charge in [-0.1, -0.05) is 15.9 Å². The summed E-state index contributed by atoms with van der Waals surface area (Å²) in [5, 5.41) is 10.4. The Bertz CT molecular complexity index is 1080. The van der Waals surface area contributed by atoms with Crippen LogP contribution in [-0.4, -0.2) is 39.3 Å². The van der Waals surface area contributed by atoms with Crippen LogP contribution >= 0.6 is 47.8 Å². The van der Waals surface area contributed by atoms with Crippen LogP contribution in [0, 0.1) is 26.7 Å². The largest absolute Gasteiger partial charge is 0.396 e. The van der Waals surface area contributed by atoms with E-state index in [1.165, 1.54) is 5.56 Å². The molecule has 0 saturated carbocycles. The molecular weight excluding hydrogens is 576 g/mol.